The van der Waals surface area contributed by atoms with Gasteiger partial charge in [-0.05, 0) is 37.6 Å². The minimum atomic E-state index is -0.656. The molecule has 3 N–H and O–H groups in total. The van der Waals surface area contributed by atoms with E-state index in [0.717, 1.165) is 28.0 Å². The summed E-state index contributed by atoms with van der Waals surface area (Å²) in [6, 6.07) is 8.70. The highest BCUT2D eigenvalue weighted by molar-refractivity contribution is 7.21. The maximum absolute atomic E-state index is 12.3. The number of hydrogen-bond donors (Lipinski definition) is 2. The Balaban J connectivity index is 1.71. The summed E-state index contributed by atoms with van der Waals surface area (Å²) in [5.74, 6) is -1.15. The molecule has 134 valence electrons. The molecule has 0 saturated carbocycles. The summed E-state index contributed by atoms with van der Waals surface area (Å²) in [7, 11) is 0. The zero-order valence-corrected chi connectivity index (χ0v) is 15.7. The van der Waals surface area contributed by atoms with Crippen molar-refractivity contribution < 1.29 is 14.3 Å². The summed E-state index contributed by atoms with van der Waals surface area (Å²) < 4.78 is 5.09. The molecule has 8 heteroatoms. The molecule has 6 nitrogen and oxygen atoms in total. The summed E-state index contributed by atoms with van der Waals surface area (Å²) in [6.45, 7) is 3.34. The lowest BCUT2D eigenvalue weighted by atomic mass is 10.1. The van der Waals surface area contributed by atoms with E-state index in [1.807, 2.05) is 19.9 Å². The quantitative estimate of drug-likeness (QED) is 0.659. The molecule has 0 bridgehead atoms. The van der Waals surface area contributed by atoms with Gasteiger partial charge in [-0.2, -0.15) is 0 Å². The highest BCUT2D eigenvalue weighted by Gasteiger charge is 2.21. The van der Waals surface area contributed by atoms with Gasteiger partial charge >= 0.3 is 5.97 Å². The number of benzene rings is 1. The highest BCUT2D eigenvalue weighted by Crippen LogP contribution is 2.35. The molecule has 2 heterocycles. The number of hydrogen-bond acceptors (Lipinski definition) is 6. The number of anilines is 2. The number of rotatable bonds is 4. The number of nitrogens with one attached hydrogen (secondary N) is 1. The van der Waals surface area contributed by atoms with Crippen LogP contribution >= 0.6 is 22.9 Å². The third-order valence-corrected chi connectivity index (χ3v) is 5.10. The van der Waals surface area contributed by atoms with Crippen LogP contribution in [-0.4, -0.2) is 23.5 Å². The van der Waals surface area contributed by atoms with Gasteiger partial charge in [0.1, 0.15) is 9.71 Å². The molecule has 0 fully saturated rings. The van der Waals surface area contributed by atoms with Crippen molar-refractivity contribution in [2.24, 2.45) is 0 Å². The van der Waals surface area contributed by atoms with Crippen molar-refractivity contribution in [1.82, 2.24) is 4.98 Å². The lowest BCUT2D eigenvalue weighted by Crippen LogP contribution is -2.21. The zero-order chi connectivity index (χ0) is 18.8. The van der Waals surface area contributed by atoms with Crippen molar-refractivity contribution in [1.29, 1.82) is 0 Å². The van der Waals surface area contributed by atoms with Crippen LogP contribution in [0.1, 0.15) is 20.9 Å². The second-order valence-corrected chi connectivity index (χ2v) is 7.12. The fourth-order valence-corrected chi connectivity index (χ4v) is 3.86. The molecular formula is C18H16ClN3O3S. The molecule has 0 saturated heterocycles. The number of halogens is 1. The van der Waals surface area contributed by atoms with Crippen LogP contribution in [0, 0.1) is 13.8 Å². The number of nitrogens with two attached hydrogens (primary N) is 1. The van der Waals surface area contributed by atoms with Crippen LogP contribution in [0.2, 0.25) is 5.02 Å². The van der Waals surface area contributed by atoms with Gasteiger partial charge in [0.2, 0.25) is 0 Å². The second-order valence-electron chi connectivity index (χ2n) is 5.71. The van der Waals surface area contributed by atoms with Gasteiger partial charge in [0.05, 0.1) is 16.4 Å². The number of aryl methyl sites for hydroxylation is 2. The maximum atomic E-state index is 12.3. The Bertz CT molecular complexity index is 1020. The monoisotopic (exact) mass is 389 g/mol. The van der Waals surface area contributed by atoms with E-state index in [4.69, 9.17) is 22.1 Å². The molecule has 0 aliphatic carbocycles. The molecule has 1 aromatic carbocycles. The maximum Gasteiger partial charge on any atom is 0.351 e. The molecule has 3 rings (SSSR count). The number of pyridine rings is 1. The second kappa shape index (κ2) is 7.31. The summed E-state index contributed by atoms with van der Waals surface area (Å²) in [5.41, 5.74) is 8.65. The molecular weight excluding hydrogens is 374 g/mol. The van der Waals surface area contributed by atoms with Gasteiger partial charge in [-0.15, -0.1) is 11.3 Å². The first-order valence-electron chi connectivity index (χ1n) is 7.74. The molecule has 3 aromatic rings. The Morgan fingerprint density at radius 3 is 2.77 bits per heavy atom. The predicted octanol–water partition coefficient (Wildman–Crippen LogP) is 3.94. The van der Waals surface area contributed by atoms with E-state index in [9.17, 15) is 9.59 Å². The lowest BCUT2D eigenvalue weighted by molar-refractivity contribution is -0.119. The van der Waals surface area contributed by atoms with Crippen LogP contribution in [-0.2, 0) is 9.53 Å². The van der Waals surface area contributed by atoms with E-state index in [0.29, 0.717) is 21.2 Å². The van der Waals surface area contributed by atoms with Gasteiger partial charge in [-0.1, -0.05) is 23.7 Å². The number of carbonyl (C=O) groups excluding carboxylic acids is 2. The third kappa shape index (κ3) is 3.63. The highest BCUT2D eigenvalue weighted by atomic mass is 35.5. The average Bonchev–Trinajstić information content (AvgIpc) is 2.91. The SMILES string of the molecule is Cc1cc(C)c2c(N)c(C(=O)OCC(=O)Nc3ccccc3Cl)sc2n1. The third-order valence-electron chi connectivity index (χ3n) is 3.69. The van der Waals surface area contributed by atoms with Crippen LogP contribution < -0.4 is 11.1 Å². The van der Waals surface area contributed by atoms with Crippen molar-refractivity contribution in [2.75, 3.05) is 17.7 Å². The Morgan fingerprint density at radius 2 is 2.04 bits per heavy atom. The Hall–Kier alpha value is -2.64. The Kier molecular flexibility index (Phi) is 5.11. The first-order valence-corrected chi connectivity index (χ1v) is 8.94. The van der Waals surface area contributed by atoms with Crippen LogP contribution in [0.25, 0.3) is 10.2 Å². The van der Waals surface area contributed by atoms with Crippen LogP contribution in [0.15, 0.2) is 30.3 Å². The van der Waals surface area contributed by atoms with E-state index >= 15 is 0 Å². The van der Waals surface area contributed by atoms with E-state index in [1.54, 1.807) is 24.3 Å². The summed E-state index contributed by atoms with van der Waals surface area (Å²) in [4.78, 5) is 29.6. The lowest BCUT2D eigenvalue weighted by Gasteiger charge is -2.07. The molecule has 1 amide bonds. The van der Waals surface area contributed by atoms with Gasteiger partial charge in [0, 0.05) is 11.1 Å². The number of amides is 1. The van der Waals surface area contributed by atoms with Gasteiger partial charge < -0.3 is 15.8 Å². The topological polar surface area (TPSA) is 94.3 Å². The summed E-state index contributed by atoms with van der Waals surface area (Å²) in [6.07, 6.45) is 0. The Labute approximate surface area is 158 Å². The molecule has 0 aliphatic heterocycles. The predicted molar refractivity (Wildman–Crippen MR) is 104 cm³/mol. The van der Waals surface area contributed by atoms with E-state index < -0.39 is 18.5 Å². The van der Waals surface area contributed by atoms with Crippen molar-refractivity contribution in [3.63, 3.8) is 0 Å². The molecule has 2 aromatic heterocycles. The van der Waals surface area contributed by atoms with E-state index in [1.165, 1.54) is 0 Å². The van der Waals surface area contributed by atoms with Crippen LogP contribution in [0.5, 0.6) is 0 Å². The smallest absolute Gasteiger partial charge is 0.351 e. The minimum Gasteiger partial charge on any atom is -0.451 e. The number of fused-ring (bicyclic) bond motifs is 1. The number of esters is 1. The van der Waals surface area contributed by atoms with Gasteiger partial charge in [0.15, 0.2) is 6.61 Å². The first-order chi connectivity index (χ1) is 12.4. The standard InChI is InChI=1S/C18H16ClN3O3S/c1-9-7-10(2)21-17-14(9)15(20)16(26-17)18(24)25-8-13(23)22-12-6-4-3-5-11(12)19/h3-7H,8,20H2,1-2H3,(H,22,23). The molecule has 26 heavy (non-hydrogen) atoms. The van der Waals surface area contributed by atoms with E-state index in [2.05, 4.69) is 10.3 Å². The normalized spacial score (nSPS) is 10.7. The van der Waals surface area contributed by atoms with Crippen molar-refractivity contribution in [2.45, 2.75) is 13.8 Å². The number of thiophene rings is 1. The molecule has 0 aliphatic rings. The largest absolute Gasteiger partial charge is 0.451 e. The number of para-hydroxylation sites is 1. The van der Waals surface area contributed by atoms with Crippen LogP contribution in [0.3, 0.4) is 0 Å². The average molecular weight is 390 g/mol. The number of nitrogen functional groups attached to an aromatic ring is 1. The zero-order valence-electron chi connectivity index (χ0n) is 14.1. The van der Waals surface area contributed by atoms with Crippen molar-refractivity contribution >= 4 is 56.4 Å². The number of nitrogens with zero attached hydrogens (tertiary/aromatic N) is 1. The van der Waals surface area contributed by atoms with Crippen molar-refractivity contribution in [3.05, 3.63) is 51.5 Å². The van der Waals surface area contributed by atoms with Crippen molar-refractivity contribution in [3.8, 4) is 0 Å². The van der Waals surface area contributed by atoms with E-state index in [-0.39, 0.29) is 4.88 Å². The number of ether oxygens (including phenoxy) is 1. The number of aromatic nitrogens is 1. The molecule has 0 spiro atoms. The molecule has 0 radical (unpaired) electrons. The Morgan fingerprint density at radius 1 is 1.31 bits per heavy atom. The van der Waals surface area contributed by atoms with Gasteiger partial charge in [-0.25, -0.2) is 9.78 Å². The fraction of sp³-hybridized carbons (Fsp3) is 0.167. The fourth-order valence-electron chi connectivity index (χ4n) is 2.57. The minimum absolute atomic E-state index is 0.242. The molecule has 0 unspecified atom stereocenters. The van der Waals surface area contributed by atoms with Gasteiger partial charge in [-0.3, -0.25) is 4.79 Å². The van der Waals surface area contributed by atoms with Crippen LogP contribution in [0.4, 0.5) is 11.4 Å². The summed E-state index contributed by atoms with van der Waals surface area (Å²) >= 11 is 7.13. The molecule has 0 atom stereocenters. The van der Waals surface area contributed by atoms with Gasteiger partial charge in [0.25, 0.3) is 5.91 Å². The summed E-state index contributed by atoms with van der Waals surface area (Å²) in [5, 5.41) is 3.73. The number of carbonyl (C=O) groups is 2. The first kappa shape index (κ1) is 18.2.